The molecule has 0 heterocycles. The SMILES string of the molecule is CC(C)(C)C(NC(=O)Nc1ccc(Br)cc1F)C(=O)O. The first-order chi connectivity index (χ1) is 9.11. The van der Waals surface area contributed by atoms with Gasteiger partial charge >= 0.3 is 12.0 Å². The summed E-state index contributed by atoms with van der Waals surface area (Å²) in [5, 5.41) is 13.7. The lowest BCUT2D eigenvalue weighted by atomic mass is 9.87. The zero-order valence-corrected chi connectivity index (χ0v) is 12.9. The average Bonchev–Trinajstić information content (AvgIpc) is 2.28. The highest BCUT2D eigenvalue weighted by molar-refractivity contribution is 9.10. The summed E-state index contributed by atoms with van der Waals surface area (Å²) < 4.78 is 14.1. The number of carboxylic acid groups (broad SMARTS) is 1. The van der Waals surface area contributed by atoms with E-state index in [1.54, 1.807) is 26.8 Å². The zero-order valence-electron chi connectivity index (χ0n) is 11.3. The fourth-order valence-corrected chi connectivity index (χ4v) is 1.86. The summed E-state index contributed by atoms with van der Waals surface area (Å²) in [6.45, 7) is 5.06. The van der Waals surface area contributed by atoms with Gasteiger partial charge in [-0.2, -0.15) is 0 Å². The quantitative estimate of drug-likeness (QED) is 0.786. The molecule has 2 amide bonds. The molecule has 5 nitrogen and oxygen atoms in total. The molecule has 0 aliphatic heterocycles. The van der Waals surface area contributed by atoms with Gasteiger partial charge in [0, 0.05) is 4.47 Å². The summed E-state index contributed by atoms with van der Waals surface area (Å²) in [5.74, 6) is -1.76. The summed E-state index contributed by atoms with van der Waals surface area (Å²) in [7, 11) is 0. The van der Waals surface area contributed by atoms with Gasteiger partial charge in [-0.15, -0.1) is 0 Å². The molecule has 0 saturated carbocycles. The molecule has 1 aromatic carbocycles. The molecule has 1 rings (SSSR count). The normalized spacial score (nSPS) is 12.7. The van der Waals surface area contributed by atoms with Crippen molar-refractivity contribution in [2.75, 3.05) is 5.32 Å². The minimum absolute atomic E-state index is 0.0243. The second-order valence-electron chi connectivity index (χ2n) is 5.36. The predicted molar refractivity (Wildman–Crippen MR) is 77.1 cm³/mol. The molecular formula is C13H16BrFN2O3. The predicted octanol–water partition coefficient (Wildman–Crippen LogP) is 3.21. The Morgan fingerprint density at radius 2 is 1.95 bits per heavy atom. The van der Waals surface area contributed by atoms with Crippen LogP contribution in [0.25, 0.3) is 0 Å². The van der Waals surface area contributed by atoms with Crippen molar-refractivity contribution >= 4 is 33.6 Å². The maximum Gasteiger partial charge on any atom is 0.326 e. The molecule has 1 atom stereocenters. The molecule has 1 unspecified atom stereocenters. The Morgan fingerprint density at radius 3 is 2.40 bits per heavy atom. The van der Waals surface area contributed by atoms with Gasteiger partial charge in [-0.25, -0.2) is 14.0 Å². The number of carbonyl (C=O) groups is 2. The molecule has 0 saturated heterocycles. The van der Waals surface area contributed by atoms with Gasteiger partial charge in [0.2, 0.25) is 0 Å². The monoisotopic (exact) mass is 346 g/mol. The Bertz CT molecular complexity index is 529. The van der Waals surface area contributed by atoms with Crippen LogP contribution in [0.4, 0.5) is 14.9 Å². The Balaban J connectivity index is 2.79. The molecule has 0 radical (unpaired) electrons. The first-order valence-electron chi connectivity index (χ1n) is 5.86. The highest BCUT2D eigenvalue weighted by atomic mass is 79.9. The number of halogens is 2. The molecule has 0 aliphatic carbocycles. The third-order valence-corrected chi connectivity index (χ3v) is 3.06. The summed E-state index contributed by atoms with van der Waals surface area (Å²) in [6, 6.07) is 2.30. The molecule has 1 aromatic rings. The number of urea groups is 1. The van der Waals surface area contributed by atoms with E-state index in [1.165, 1.54) is 12.1 Å². The van der Waals surface area contributed by atoms with Crippen LogP contribution in [0.5, 0.6) is 0 Å². The molecule has 7 heteroatoms. The zero-order chi connectivity index (χ0) is 15.5. The number of nitrogens with one attached hydrogen (secondary N) is 2. The first-order valence-corrected chi connectivity index (χ1v) is 6.66. The van der Waals surface area contributed by atoms with Crippen LogP contribution in [0.15, 0.2) is 22.7 Å². The topological polar surface area (TPSA) is 78.4 Å². The van der Waals surface area contributed by atoms with Crippen LogP contribution in [-0.4, -0.2) is 23.1 Å². The van der Waals surface area contributed by atoms with Crippen molar-refractivity contribution in [3.05, 3.63) is 28.5 Å². The van der Waals surface area contributed by atoms with E-state index in [0.29, 0.717) is 4.47 Å². The number of anilines is 1. The molecule has 0 aliphatic rings. The fourth-order valence-electron chi connectivity index (χ4n) is 1.53. The van der Waals surface area contributed by atoms with Crippen LogP contribution in [0.2, 0.25) is 0 Å². The fraction of sp³-hybridized carbons (Fsp3) is 0.385. The van der Waals surface area contributed by atoms with E-state index in [1.807, 2.05) is 0 Å². The number of aliphatic carboxylic acids is 1. The smallest absolute Gasteiger partial charge is 0.326 e. The lowest BCUT2D eigenvalue weighted by Gasteiger charge is -2.27. The second-order valence-corrected chi connectivity index (χ2v) is 6.28. The Kier molecular flexibility index (Phi) is 5.10. The van der Waals surface area contributed by atoms with Gasteiger partial charge in [-0.3, -0.25) is 0 Å². The van der Waals surface area contributed by atoms with Gasteiger partial charge in [0.15, 0.2) is 0 Å². The Morgan fingerprint density at radius 1 is 1.35 bits per heavy atom. The molecule has 20 heavy (non-hydrogen) atoms. The third kappa shape index (κ3) is 4.48. The van der Waals surface area contributed by atoms with E-state index >= 15 is 0 Å². The van der Waals surface area contributed by atoms with Crippen molar-refractivity contribution in [1.82, 2.24) is 5.32 Å². The Hall–Kier alpha value is -1.63. The number of hydrogen-bond acceptors (Lipinski definition) is 2. The number of benzene rings is 1. The summed E-state index contributed by atoms with van der Waals surface area (Å²) in [5.41, 5.74) is -0.690. The largest absolute Gasteiger partial charge is 0.480 e. The van der Waals surface area contributed by atoms with Crippen molar-refractivity contribution in [2.24, 2.45) is 5.41 Å². The highest BCUT2D eigenvalue weighted by Gasteiger charge is 2.32. The van der Waals surface area contributed by atoms with E-state index in [-0.39, 0.29) is 5.69 Å². The van der Waals surface area contributed by atoms with E-state index in [2.05, 4.69) is 26.6 Å². The number of rotatable bonds is 3. The van der Waals surface area contributed by atoms with E-state index in [4.69, 9.17) is 5.11 Å². The number of amides is 2. The van der Waals surface area contributed by atoms with Crippen LogP contribution >= 0.6 is 15.9 Å². The lowest BCUT2D eigenvalue weighted by molar-refractivity contribution is -0.141. The molecule has 3 N–H and O–H groups in total. The highest BCUT2D eigenvalue weighted by Crippen LogP contribution is 2.21. The maximum atomic E-state index is 13.6. The minimum atomic E-state index is -1.15. The molecule has 0 aromatic heterocycles. The van der Waals surface area contributed by atoms with Crippen molar-refractivity contribution in [1.29, 1.82) is 0 Å². The number of carbonyl (C=O) groups excluding carboxylic acids is 1. The maximum absolute atomic E-state index is 13.6. The van der Waals surface area contributed by atoms with Crippen molar-refractivity contribution in [3.63, 3.8) is 0 Å². The summed E-state index contributed by atoms with van der Waals surface area (Å²) >= 11 is 3.10. The van der Waals surface area contributed by atoms with Gasteiger partial charge in [-0.1, -0.05) is 36.7 Å². The van der Waals surface area contributed by atoms with Gasteiger partial charge in [0.1, 0.15) is 11.9 Å². The van der Waals surface area contributed by atoms with E-state index < -0.39 is 29.3 Å². The minimum Gasteiger partial charge on any atom is -0.480 e. The van der Waals surface area contributed by atoms with Gasteiger partial charge in [0.25, 0.3) is 0 Å². The van der Waals surface area contributed by atoms with Crippen LogP contribution < -0.4 is 10.6 Å². The van der Waals surface area contributed by atoms with Crippen LogP contribution in [0, 0.1) is 11.2 Å². The van der Waals surface area contributed by atoms with E-state index in [9.17, 15) is 14.0 Å². The molecule has 0 spiro atoms. The van der Waals surface area contributed by atoms with Crippen LogP contribution in [0.3, 0.4) is 0 Å². The molecule has 110 valence electrons. The molecular weight excluding hydrogens is 331 g/mol. The third-order valence-electron chi connectivity index (χ3n) is 2.57. The molecule has 0 fully saturated rings. The summed E-state index contributed by atoms with van der Waals surface area (Å²) in [4.78, 5) is 22.9. The van der Waals surface area contributed by atoms with Gasteiger partial charge in [-0.05, 0) is 23.6 Å². The van der Waals surface area contributed by atoms with Gasteiger partial charge in [0.05, 0.1) is 5.69 Å². The number of hydrogen-bond donors (Lipinski definition) is 3. The lowest BCUT2D eigenvalue weighted by Crippen LogP contribution is -2.50. The van der Waals surface area contributed by atoms with Crippen molar-refractivity contribution in [2.45, 2.75) is 26.8 Å². The van der Waals surface area contributed by atoms with Crippen molar-refractivity contribution in [3.8, 4) is 0 Å². The standard InChI is InChI=1S/C13H16BrFN2O3/c1-13(2,3)10(11(18)19)17-12(20)16-9-5-4-7(14)6-8(9)15/h4-6,10H,1-3H3,(H,18,19)(H2,16,17,20). The van der Waals surface area contributed by atoms with Crippen LogP contribution in [-0.2, 0) is 4.79 Å². The second kappa shape index (κ2) is 6.21. The molecule has 0 bridgehead atoms. The van der Waals surface area contributed by atoms with Crippen LogP contribution in [0.1, 0.15) is 20.8 Å². The van der Waals surface area contributed by atoms with Crippen molar-refractivity contribution < 1.29 is 19.1 Å². The van der Waals surface area contributed by atoms with Gasteiger partial charge < -0.3 is 15.7 Å². The summed E-state index contributed by atoms with van der Waals surface area (Å²) in [6.07, 6.45) is 0. The first kappa shape index (κ1) is 16.4. The van der Waals surface area contributed by atoms with E-state index in [0.717, 1.165) is 0 Å². The average molecular weight is 347 g/mol. The number of carboxylic acids is 1. The Labute approximate surface area is 124 Å².